The standard InChI is InChI=1S/C14H9F11O4/c15-10(16,12(19,20)13(21,22)14(23,24)25)6-28-5-7-1-3-8(4-2-7)29-11(17,18)9(26)27/h1-4H,5-6H2,(H,26,27). The first-order chi connectivity index (χ1) is 12.8. The molecule has 166 valence electrons. The minimum absolute atomic E-state index is 0.197. The molecule has 0 saturated heterocycles. The Morgan fingerprint density at radius 1 is 0.828 bits per heavy atom. The summed E-state index contributed by atoms with van der Waals surface area (Å²) in [5.41, 5.74) is -0.197. The zero-order valence-corrected chi connectivity index (χ0v) is 13.6. The lowest BCUT2D eigenvalue weighted by molar-refractivity contribution is -0.400. The summed E-state index contributed by atoms with van der Waals surface area (Å²) in [6.07, 6.45) is -11.6. The molecule has 0 amide bonds. The van der Waals surface area contributed by atoms with Crippen molar-refractivity contribution < 1.29 is 67.7 Å². The van der Waals surface area contributed by atoms with Crippen LogP contribution in [0.15, 0.2) is 24.3 Å². The minimum atomic E-state index is -7.04. The lowest BCUT2D eigenvalue weighted by Gasteiger charge is -2.33. The molecule has 0 aromatic heterocycles. The Bertz CT molecular complexity index is 713. The van der Waals surface area contributed by atoms with Gasteiger partial charge in [-0.3, -0.25) is 0 Å². The fourth-order valence-electron chi connectivity index (χ4n) is 1.64. The van der Waals surface area contributed by atoms with Gasteiger partial charge in [-0.25, -0.2) is 4.79 Å². The van der Waals surface area contributed by atoms with E-state index < -0.39 is 55.0 Å². The molecule has 0 unspecified atom stereocenters. The highest BCUT2D eigenvalue weighted by atomic mass is 19.4. The summed E-state index contributed by atoms with van der Waals surface area (Å²) in [4.78, 5) is 10.2. The molecule has 15 heteroatoms. The van der Waals surface area contributed by atoms with E-state index in [4.69, 9.17) is 5.11 Å². The van der Waals surface area contributed by atoms with E-state index in [1.165, 1.54) is 0 Å². The highest BCUT2D eigenvalue weighted by Crippen LogP contribution is 2.53. The van der Waals surface area contributed by atoms with Crippen LogP contribution in [0, 0.1) is 0 Å². The van der Waals surface area contributed by atoms with Gasteiger partial charge in [-0.15, -0.1) is 0 Å². The quantitative estimate of drug-likeness (QED) is 0.553. The molecule has 29 heavy (non-hydrogen) atoms. The van der Waals surface area contributed by atoms with Crippen molar-refractivity contribution in [1.29, 1.82) is 0 Å². The van der Waals surface area contributed by atoms with Crippen LogP contribution in [0.25, 0.3) is 0 Å². The summed E-state index contributed by atoms with van der Waals surface area (Å²) in [7, 11) is 0. The third-order valence-corrected chi connectivity index (χ3v) is 3.18. The summed E-state index contributed by atoms with van der Waals surface area (Å²) in [6, 6.07) is 3.07. The van der Waals surface area contributed by atoms with Crippen molar-refractivity contribution >= 4 is 5.97 Å². The van der Waals surface area contributed by atoms with Gasteiger partial charge in [-0.05, 0) is 17.7 Å². The maximum atomic E-state index is 13.2. The number of carboxylic acid groups (broad SMARTS) is 1. The van der Waals surface area contributed by atoms with Gasteiger partial charge in [0.25, 0.3) is 0 Å². The van der Waals surface area contributed by atoms with E-state index in [1.54, 1.807) is 0 Å². The van der Waals surface area contributed by atoms with Crippen LogP contribution in [0.4, 0.5) is 48.3 Å². The predicted molar refractivity (Wildman–Crippen MR) is 70.2 cm³/mol. The number of carbonyl (C=O) groups is 1. The summed E-state index contributed by atoms with van der Waals surface area (Å²) in [5, 5.41) is 8.17. The number of hydrogen-bond acceptors (Lipinski definition) is 3. The molecular weight excluding hydrogens is 441 g/mol. The van der Waals surface area contributed by atoms with Crippen LogP contribution in [-0.4, -0.2) is 47.7 Å². The molecule has 0 radical (unpaired) electrons. The lowest BCUT2D eigenvalue weighted by Crippen LogP contribution is -2.62. The summed E-state index contributed by atoms with van der Waals surface area (Å²) >= 11 is 0. The second-order valence-corrected chi connectivity index (χ2v) is 5.41. The number of carboxylic acids is 1. The highest BCUT2D eigenvalue weighted by Gasteiger charge is 2.81. The van der Waals surface area contributed by atoms with Crippen molar-refractivity contribution in [2.45, 2.75) is 36.7 Å². The van der Waals surface area contributed by atoms with Crippen LogP contribution in [0.1, 0.15) is 5.56 Å². The topological polar surface area (TPSA) is 55.8 Å². The number of aliphatic carboxylic acids is 1. The molecule has 0 atom stereocenters. The smallest absolute Gasteiger partial charge is 0.474 e. The van der Waals surface area contributed by atoms with Gasteiger partial charge in [0, 0.05) is 0 Å². The fourth-order valence-corrected chi connectivity index (χ4v) is 1.64. The molecule has 0 aliphatic rings. The Kier molecular flexibility index (Phi) is 6.68. The Balaban J connectivity index is 2.76. The molecule has 0 aliphatic heterocycles. The lowest BCUT2D eigenvalue weighted by atomic mass is 10.0. The molecule has 1 aromatic carbocycles. The van der Waals surface area contributed by atoms with Crippen molar-refractivity contribution in [3.05, 3.63) is 29.8 Å². The molecule has 1 N–H and O–H groups in total. The number of hydrogen-bond donors (Lipinski definition) is 1. The number of rotatable bonds is 9. The second kappa shape index (κ2) is 7.84. The molecule has 0 fully saturated rings. The predicted octanol–water partition coefficient (Wildman–Crippen LogP) is 4.73. The van der Waals surface area contributed by atoms with E-state index in [0.29, 0.717) is 12.1 Å². The molecular formula is C14H9F11O4. The van der Waals surface area contributed by atoms with Crippen LogP contribution in [0.5, 0.6) is 5.75 Å². The molecule has 0 spiro atoms. The summed E-state index contributed by atoms with van der Waals surface area (Å²) in [5.74, 6) is -23.1. The van der Waals surface area contributed by atoms with Gasteiger partial charge < -0.3 is 14.6 Å². The van der Waals surface area contributed by atoms with E-state index in [9.17, 15) is 53.1 Å². The first-order valence-corrected chi connectivity index (χ1v) is 7.02. The fraction of sp³-hybridized carbons (Fsp3) is 0.500. The SMILES string of the molecule is O=C(O)C(F)(F)Oc1ccc(COCC(F)(F)C(F)(F)C(F)(F)C(F)(F)F)cc1. The normalized spacial score (nSPS) is 14.0. The van der Waals surface area contributed by atoms with E-state index >= 15 is 0 Å². The average molecular weight is 450 g/mol. The molecule has 1 rings (SSSR count). The van der Waals surface area contributed by atoms with Crippen molar-refractivity contribution in [2.75, 3.05) is 6.61 Å². The van der Waals surface area contributed by atoms with E-state index in [1.807, 2.05) is 0 Å². The highest BCUT2D eigenvalue weighted by molar-refractivity contribution is 5.73. The van der Waals surface area contributed by atoms with Gasteiger partial charge in [0.2, 0.25) is 0 Å². The third kappa shape index (κ3) is 5.19. The molecule has 0 aliphatic carbocycles. The number of halogens is 11. The Hall–Kier alpha value is -2.32. The van der Waals surface area contributed by atoms with E-state index in [2.05, 4.69) is 9.47 Å². The van der Waals surface area contributed by atoms with E-state index in [0.717, 1.165) is 12.1 Å². The Morgan fingerprint density at radius 2 is 1.31 bits per heavy atom. The summed E-state index contributed by atoms with van der Waals surface area (Å²) in [6.45, 7) is -3.54. The first kappa shape index (κ1) is 24.7. The molecule has 0 saturated carbocycles. The Morgan fingerprint density at radius 3 is 1.72 bits per heavy atom. The van der Waals surface area contributed by atoms with Crippen molar-refractivity contribution in [3.8, 4) is 5.75 Å². The molecule has 0 heterocycles. The van der Waals surface area contributed by atoms with Gasteiger partial charge in [-0.1, -0.05) is 12.1 Å². The molecule has 4 nitrogen and oxygen atoms in total. The van der Waals surface area contributed by atoms with Gasteiger partial charge in [-0.2, -0.15) is 48.3 Å². The third-order valence-electron chi connectivity index (χ3n) is 3.18. The van der Waals surface area contributed by atoms with Crippen molar-refractivity contribution in [3.63, 3.8) is 0 Å². The van der Waals surface area contributed by atoms with Crippen LogP contribution in [0.3, 0.4) is 0 Å². The minimum Gasteiger partial charge on any atom is -0.474 e. The maximum absolute atomic E-state index is 13.2. The van der Waals surface area contributed by atoms with Crippen molar-refractivity contribution in [2.24, 2.45) is 0 Å². The number of benzene rings is 1. The summed E-state index contributed by atoms with van der Waals surface area (Å²) < 4.78 is 147. The average Bonchev–Trinajstić information content (AvgIpc) is 2.54. The maximum Gasteiger partial charge on any atom is 0.501 e. The van der Waals surface area contributed by atoms with E-state index in [-0.39, 0.29) is 5.56 Å². The number of ether oxygens (including phenoxy) is 2. The van der Waals surface area contributed by atoms with Crippen LogP contribution in [0.2, 0.25) is 0 Å². The largest absolute Gasteiger partial charge is 0.501 e. The van der Waals surface area contributed by atoms with Gasteiger partial charge in [0.05, 0.1) is 6.61 Å². The first-order valence-electron chi connectivity index (χ1n) is 7.02. The van der Waals surface area contributed by atoms with Crippen molar-refractivity contribution in [1.82, 2.24) is 0 Å². The van der Waals surface area contributed by atoms with Gasteiger partial charge in [0.1, 0.15) is 12.4 Å². The number of alkyl halides is 11. The molecule has 1 aromatic rings. The van der Waals surface area contributed by atoms with Crippen LogP contribution in [-0.2, 0) is 16.1 Å². The zero-order valence-electron chi connectivity index (χ0n) is 13.6. The second-order valence-electron chi connectivity index (χ2n) is 5.41. The monoisotopic (exact) mass is 450 g/mol. The molecule has 0 bridgehead atoms. The van der Waals surface area contributed by atoms with Crippen LogP contribution < -0.4 is 4.74 Å². The zero-order chi connectivity index (χ0) is 22.9. The van der Waals surface area contributed by atoms with Gasteiger partial charge in [0.15, 0.2) is 0 Å². The Labute approximate surface area is 153 Å². The van der Waals surface area contributed by atoms with Crippen LogP contribution >= 0.6 is 0 Å². The van der Waals surface area contributed by atoms with Gasteiger partial charge >= 0.3 is 36.0 Å².